The van der Waals surface area contributed by atoms with E-state index in [-0.39, 0.29) is 28.8 Å². The van der Waals surface area contributed by atoms with E-state index in [1.54, 1.807) is 0 Å². The highest BCUT2D eigenvalue weighted by Crippen LogP contribution is 2.71. The van der Waals surface area contributed by atoms with Gasteiger partial charge in [0.25, 0.3) is 0 Å². The zero-order valence-electron chi connectivity index (χ0n) is 14.5. The summed E-state index contributed by atoms with van der Waals surface area (Å²) in [6.45, 7) is 8.62. The smallest absolute Gasteiger partial charge is 0.173 e. The molecule has 8 atom stereocenters. The Hall–Kier alpha value is -1.25. The van der Waals surface area contributed by atoms with Gasteiger partial charge in [0, 0.05) is 11.3 Å². The van der Waals surface area contributed by atoms with Crippen LogP contribution in [0, 0.1) is 40.4 Å². The van der Waals surface area contributed by atoms with Gasteiger partial charge in [0.05, 0.1) is 0 Å². The van der Waals surface area contributed by atoms with Gasteiger partial charge in [0.1, 0.15) is 0 Å². The lowest BCUT2D eigenvalue weighted by Gasteiger charge is -2.57. The average Bonchev–Trinajstić information content (AvgIpc) is 3.30. The van der Waals surface area contributed by atoms with E-state index in [1.165, 1.54) is 5.57 Å². The summed E-state index contributed by atoms with van der Waals surface area (Å²) in [5.74, 6) is 1.73. The SMILES string of the molecule is C=C1C[C@H]2[C@@H]3C[C@H](F)C(=O)[C@@]3(C)CC[C@@H]2[C@]2(C)C1=CC(=O)[C@H]1CC12. The van der Waals surface area contributed by atoms with Gasteiger partial charge in [-0.2, -0.15) is 0 Å². The second kappa shape index (κ2) is 4.28. The molecule has 24 heavy (non-hydrogen) atoms. The lowest BCUT2D eigenvalue weighted by atomic mass is 9.46. The molecule has 1 unspecified atom stereocenters. The van der Waals surface area contributed by atoms with Crippen LogP contribution >= 0.6 is 0 Å². The molecule has 3 heteroatoms. The van der Waals surface area contributed by atoms with E-state index >= 15 is 0 Å². The number of fused-ring (bicyclic) bond motifs is 7. The fourth-order valence-corrected chi connectivity index (χ4v) is 7.19. The average molecular weight is 328 g/mol. The molecule has 0 heterocycles. The van der Waals surface area contributed by atoms with Crippen LogP contribution in [-0.4, -0.2) is 17.7 Å². The van der Waals surface area contributed by atoms with E-state index in [4.69, 9.17) is 0 Å². The largest absolute Gasteiger partial charge is 0.296 e. The Bertz CT molecular complexity index is 721. The van der Waals surface area contributed by atoms with Gasteiger partial charge in [-0.1, -0.05) is 26.0 Å². The molecule has 0 aliphatic heterocycles. The maximum atomic E-state index is 14.3. The highest BCUT2D eigenvalue weighted by Gasteiger charge is 2.67. The third-order valence-electron chi connectivity index (χ3n) is 8.56. The van der Waals surface area contributed by atoms with Gasteiger partial charge in [0.15, 0.2) is 17.7 Å². The minimum absolute atomic E-state index is 0.0113. The van der Waals surface area contributed by atoms with E-state index < -0.39 is 11.6 Å². The van der Waals surface area contributed by atoms with Crippen molar-refractivity contribution in [1.82, 2.24) is 0 Å². The predicted octanol–water partition coefficient (Wildman–Crippen LogP) is 4.06. The first-order valence-corrected chi connectivity index (χ1v) is 9.41. The quantitative estimate of drug-likeness (QED) is 0.672. The van der Waals surface area contributed by atoms with Gasteiger partial charge in [-0.25, -0.2) is 4.39 Å². The van der Waals surface area contributed by atoms with Gasteiger partial charge in [-0.3, -0.25) is 9.59 Å². The Balaban J connectivity index is 1.60. The number of ketones is 2. The molecule has 0 aromatic carbocycles. The molecule has 0 spiro atoms. The van der Waals surface area contributed by atoms with E-state index in [1.807, 2.05) is 13.0 Å². The molecule has 0 radical (unpaired) electrons. The lowest BCUT2D eigenvalue weighted by Crippen LogP contribution is -2.52. The second-order valence-electron chi connectivity index (χ2n) is 9.40. The molecule has 0 aromatic heterocycles. The molecular formula is C21H25FO2. The Labute approximate surface area is 142 Å². The summed E-state index contributed by atoms with van der Waals surface area (Å²) in [7, 11) is 0. The van der Waals surface area contributed by atoms with Crippen LogP contribution in [-0.2, 0) is 9.59 Å². The third-order valence-corrected chi connectivity index (χ3v) is 8.56. The number of hydrogen-bond donors (Lipinski definition) is 0. The molecule has 5 aliphatic carbocycles. The molecule has 0 bridgehead atoms. The van der Waals surface area contributed by atoms with Crippen molar-refractivity contribution in [2.75, 3.05) is 0 Å². The summed E-state index contributed by atoms with van der Waals surface area (Å²) in [5.41, 5.74) is 1.78. The molecule has 0 amide bonds. The first kappa shape index (κ1) is 15.0. The summed E-state index contributed by atoms with van der Waals surface area (Å²) >= 11 is 0. The van der Waals surface area contributed by atoms with Crippen LogP contribution < -0.4 is 0 Å². The van der Waals surface area contributed by atoms with Gasteiger partial charge >= 0.3 is 0 Å². The van der Waals surface area contributed by atoms with Crippen molar-refractivity contribution in [1.29, 1.82) is 0 Å². The summed E-state index contributed by atoms with van der Waals surface area (Å²) < 4.78 is 14.3. The van der Waals surface area contributed by atoms with Gasteiger partial charge in [-0.05, 0) is 72.8 Å². The monoisotopic (exact) mass is 328 g/mol. The highest BCUT2D eigenvalue weighted by atomic mass is 19.1. The summed E-state index contributed by atoms with van der Waals surface area (Å²) in [5, 5.41) is 0. The number of Topliss-reactive ketones (excluding diaryl/α,β-unsaturated/α-hetero) is 1. The van der Waals surface area contributed by atoms with E-state index in [2.05, 4.69) is 13.5 Å². The molecule has 2 nitrogen and oxygen atoms in total. The standard InChI is InChI=1S/C21H25FO2/c1-10-6-11-13(4-5-20(2)15(11)8-17(22)19(20)24)21(3)14(10)9-18(23)12-7-16(12)21/h9,11-13,15-17H,1,4-8H2,2-3H3/t11-,12+,13+,15+,16?,17+,20+,21-/m1/s1. The highest BCUT2D eigenvalue weighted by molar-refractivity contribution is 5.97. The molecule has 4 saturated carbocycles. The Morgan fingerprint density at radius 2 is 1.92 bits per heavy atom. The van der Waals surface area contributed by atoms with Crippen LogP contribution in [0.3, 0.4) is 0 Å². The lowest BCUT2D eigenvalue weighted by molar-refractivity contribution is -0.134. The zero-order valence-corrected chi connectivity index (χ0v) is 14.5. The van der Waals surface area contributed by atoms with E-state index in [0.717, 1.165) is 31.3 Å². The van der Waals surface area contributed by atoms with Crippen LogP contribution in [0.1, 0.15) is 46.0 Å². The number of allylic oxidation sites excluding steroid dienone is 2. The zero-order chi connectivity index (χ0) is 17.0. The van der Waals surface area contributed by atoms with Crippen molar-refractivity contribution < 1.29 is 14.0 Å². The maximum absolute atomic E-state index is 14.3. The molecule has 5 aliphatic rings. The number of hydrogen-bond acceptors (Lipinski definition) is 2. The molecule has 0 aromatic rings. The molecule has 5 rings (SSSR count). The molecule has 0 saturated heterocycles. The van der Waals surface area contributed by atoms with Gasteiger partial charge in [0.2, 0.25) is 0 Å². The third kappa shape index (κ3) is 1.53. The van der Waals surface area contributed by atoms with E-state index in [0.29, 0.717) is 24.2 Å². The number of rotatable bonds is 0. The number of alkyl halides is 1. The molecule has 0 N–H and O–H groups in total. The second-order valence-corrected chi connectivity index (χ2v) is 9.40. The Kier molecular flexibility index (Phi) is 2.69. The first-order chi connectivity index (χ1) is 11.3. The maximum Gasteiger partial charge on any atom is 0.173 e. The van der Waals surface area contributed by atoms with Crippen LogP contribution in [0.2, 0.25) is 0 Å². The van der Waals surface area contributed by atoms with Crippen molar-refractivity contribution in [3.05, 3.63) is 23.8 Å². The van der Waals surface area contributed by atoms with Crippen LogP contribution in [0.15, 0.2) is 23.8 Å². The van der Waals surface area contributed by atoms with Crippen molar-refractivity contribution in [2.45, 2.75) is 52.1 Å². The van der Waals surface area contributed by atoms with E-state index in [9.17, 15) is 14.0 Å². The molecular weight excluding hydrogens is 303 g/mol. The fourth-order valence-electron chi connectivity index (χ4n) is 7.19. The first-order valence-electron chi connectivity index (χ1n) is 9.41. The van der Waals surface area contributed by atoms with Crippen molar-refractivity contribution in [2.24, 2.45) is 40.4 Å². The number of carbonyl (C=O) groups is 2. The van der Waals surface area contributed by atoms with Crippen molar-refractivity contribution >= 4 is 11.6 Å². The Morgan fingerprint density at radius 1 is 1.17 bits per heavy atom. The van der Waals surface area contributed by atoms with Crippen LogP contribution in [0.25, 0.3) is 0 Å². The molecule has 4 fully saturated rings. The molecule has 128 valence electrons. The minimum atomic E-state index is -1.28. The number of halogens is 1. The van der Waals surface area contributed by atoms with Crippen molar-refractivity contribution in [3.63, 3.8) is 0 Å². The van der Waals surface area contributed by atoms with Crippen LogP contribution in [0.5, 0.6) is 0 Å². The summed E-state index contributed by atoms with van der Waals surface area (Å²) in [4.78, 5) is 24.7. The fraction of sp³-hybridized carbons (Fsp3) is 0.714. The summed E-state index contributed by atoms with van der Waals surface area (Å²) in [6, 6.07) is 0. The minimum Gasteiger partial charge on any atom is -0.296 e. The normalized spacial score (nSPS) is 55.3. The van der Waals surface area contributed by atoms with Gasteiger partial charge in [-0.15, -0.1) is 0 Å². The van der Waals surface area contributed by atoms with Gasteiger partial charge < -0.3 is 0 Å². The summed E-state index contributed by atoms with van der Waals surface area (Å²) in [6.07, 6.45) is 4.60. The number of carbonyl (C=O) groups excluding carboxylic acids is 2. The topological polar surface area (TPSA) is 34.1 Å². The Morgan fingerprint density at radius 3 is 2.67 bits per heavy atom. The van der Waals surface area contributed by atoms with Crippen molar-refractivity contribution in [3.8, 4) is 0 Å². The van der Waals surface area contributed by atoms with Crippen LogP contribution in [0.4, 0.5) is 4.39 Å². The predicted molar refractivity (Wildman–Crippen MR) is 88.9 cm³/mol.